The number of esters is 1. The molecule has 0 unspecified atom stereocenters. The van der Waals surface area contributed by atoms with Gasteiger partial charge in [0.05, 0.1) is 36.9 Å². The number of hydrogen-bond donors (Lipinski definition) is 2. The van der Waals surface area contributed by atoms with Gasteiger partial charge in [-0.15, -0.1) is 0 Å². The van der Waals surface area contributed by atoms with E-state index in [9.17, 15) is 19.5 Å². The number of fused-ring (bicyclic) bond motifs is 2. The Morgan fingerprint density at radius 1 is 1.04 bits per heavy atom. The van der Waals surface area contributed by atoms with Crippen LogP contribution < -0.4 is 20.1 Å². The molecule has 0 radical (unpaired) electrons. The largest absolute Gasteiger partial charge is 0.493 e. The normalized spacial score (nSPS) is 32.0. The molecule has 12 nitrogen and oxygen atoms in total. The van der Waals surface area contributed by atoms with Crippen molar-refractivity contribution in [2.45, 2.75) is 75.3 Å². The molecular weight excluding hydrogens is 728 g/mol. The molecule has 0 spiro atoms. The van der Waals surface area contributed by atoms with Crippen LogP contribution >= 0.6 is 0 Å². The molecule has 8 rings (SSSR count). The number of hydrogen-bond acceptors (Lipinski definition) is 11. The van der Waals surface area contributed by atoms with Gasteiger partial charge in [-0.25, -0.2) is 4.79 Å². The minimum Gasteiger partial charge on any atom is -0.493 e. The van der Waals surface area contributed by atoms with Gasteiger partial charge in [0.1, 0.15) is 18.3 Å². The van der Waals surface area contributed by atoms with Crippen LogP contribution in [-0.4, -0.2) is 72.6 Å². The van der Waals surface area contributed by atoms with Crippen molar-refractivity contribution in [1.29, 1.82) is 0 Å². The van der Waals surface area contributed by atoms with Crippen LogP contribution in [-0.2, 0) is 41.4 Å². The predicted molar refractivity (Wildman–Crippen MR) is 210 cm³/mol. The van der Waals surface area contributed by atoms with Crippen LogP contribution in [0.1, 0.15) is 44.7 Å². The molecule has 2 saturated heterocycles. The Kier molecular flexibility index (Phi) is 9.47. The van der Waals surface area contributed by atoms with E-state index >= 15 is 0 Å². The number of nitrogens with two attached hydrogens (primary N) is 1. The van der Waals surface area contributed by atoms with Crippen molar-refractivity contribution in [2.75, 3.05) is 31.4 Å². The van der Waals surface area contributed by atoms with E-state index in [1.165, 1.54) is 12.0 Å². The van der Waals surface area contributed by atoms with Gasteiger partial charge in [0, 0.05) is 18.9 Å². The highest BCUT2D eigenvalue weighted by molar-refractivity contribution is 6.06. The fraction of sp³-hybridized carbons (Fsp3) is 0.400. The monoisotopic (exact) mass is 776 g/mol. The van der Waals surface area contributed by atoms with Crippen molar-refractivity contribution in [3.63, 3.8) is 0 Å². The third-order valence-electron chi connectivity index (χ3n) is 12.5. The van der Waals surface area contributed by atoms with E-state index in [2.05, 4.69) is 13.5 Å². The van der Waals surface area contributed by atoms with Crippen LogP contribution in [0.4, 0.5) is 16.2 Å². The summed E-state index contributed by atoms with van der Waals surface area (Å²) in [7, 11) is 2.98. The average molecular weight is 777 g/mol. The van der Waals surface area contributed by atoms with Gasteiger partial charge in [-0.05, 0) is 90.8 Å². The Labute approximate surface area is 331 Å². The second-order valence-electron chi connectivity index (χ2n) is 16.1. The van der Waals surface area contributed by atoms with E-state index in [4.69, 9.17) is 34.2 Å². The molecule has 3 aromatic rings. The van der Waals surface area contributed by atoms with Crippen molar-refractivity contribution in [2.24, 2.45) is 17.8 Å². The van der Waals surface area contributed by atoms with Crippen LogP contribution in [0, 0.1) is 17.8 Å². The van der Waals surface area contributed by atoms with E-state index in [1.54, 1.807) is 62.5 Å². The number of para-hydroxylation sites is 2. The molecule has 1 saturated carbocycles. The Balaban J connectivity index is 1.03. The predicted octanol–water partition coefficient (Wildman–Crippen LogP) is 6.26. The Morgan fingerprint density at radius 3 is 2.49 bits per heavy atom. The molecule has 8 atom stereocenters. The zero-order valence-electron chi connectivity index (χ0n) is 32.8. The fourth-order valence-corrected chi connectivity index (χ4v) is 9.89. The van der Waals surface area contributed by atoms with Crippen molar-refractivity contribution in [1.82, 2.24) is 0 Å². The average Bonchev–Trinajstić information content (AvgIpc) is 3.49. The number of aliphatic hydroxyl groups is 1. The number of ether oxygens (including phenoxy) is 6. The van der Waals surface area contributed by atoms with Crippen LogP contribution in [0.2, 0.25) is 0 Å². The van der Waals surface area contributed by atoms with Crippen LogP contribution in [0.15, 0.2) is 108 Å². The molecule has 3 bridgehead atoms. The summed E-state index contributed by atoms with van der Waals surface area (Å²) in [5, 5.41) is 12.5. The van der Waals surface area contributed by atoms with Crippen LogP contribution in [0.25, 0.3) is 0 Å². The summed E-state index contributed by atoms with van der Waals surface area (Å²) < 4.78 is 38.0. The van der Waals surface area contributed by atoms with Crippen molar-refractivity contribution in [3.8, 4) is 11.5 Å². The van der Waals surface area contributed by atoms with Crippen LogP contribution in [0.3, 0.4) is 0 Å². The number of amides is 1. The first-order valence-corrected chi connectivity index (χ1v) is 19.2. The molecular formula is C45H48N2O10. The maximum atomic E-state index is 13.9. The number of methoxy groups -OCH3 is 1. The second kappa shape index (κ2) is 14.0. The highest BCUT2D eigenvalue weighted by atomic mass is 16.9. The number of ketones is 1. The zero-order valence-corrected chi connectivity index (χ0v) is 32.8. The molecule has 3 N–H and O–H groups in total. The van der Waals surface area contributed by atoms with Gasteiger partial charge in [0.2, 0.25) is 0 Å². The third kappa shape index (κ3) is 6.17. The summed E-state index contributed by atoms with van der Waals surface area (Å²) in [4.78, 5) is 41.6. The minimum absolute atomic E-state index is 0.126. The molecule has 5 aliphatic rings. The number of carbonyl (C=O) groups is 3. The van der Waals surface area contributed by atoms with E-state index in [0.717, 1.165) is 11.1 Å². The first-order valence-electron chi connectivity index (χ1n) is 19.2. The lowest BCUT2D eigenvalue weighted by molar-refractivity contribution is -0.425. The molecule has 57 heavy (non-hydrogen) atoms. The summed E-state index contributed by atoms with van der Waals surface area (Å²) in [5.74, 6) is -3.36. The van der Waals surface area contributed by atoms with Crippen molar-refractivity contribution in [3.05, 3.63) is 119 Å². The van der Waals surface area contributed by atoms with Gasteiger partial charge in [-0.1, -0.05) is 68.1 Å². The smallest absolute Gasteiger partial charge is 0.419 e. The van der Waals surface area contributed by atoms with Gasteiger partial charge in [0.15, 0.2) is 22.9 Å². The van der Waals surface area contributed by atoms with Gasteiger partial charge in [-0.2, -0.15) is 0 Å². The third-order valence-corrected chi connectivity index (χ3v) is 12.5. The molecule has 3 aromatic carbocycles. The fourth-order valence-electron chi connectivity index (χ4n) is 9.89. The van der Waals surface area contributed by atoms with Crippen molar-refractivity contribution < 1.29 is 47.9 Å². The quantitative estimate of drug-likeness (QED) is 0.136. The lowest BCUT2D eigenvalue weighted by atomic mass is 9.54. The number of rotatable bonds is 10. The Morgan fingerprint density at radius 2 is 1.77 bits per heavy atom. The summed E-state index contributed by atoms with van der Waals surface area (Å²) in [6, 6.07) is 21.5. The number of nitrogen functional groups attached to an aromatic ring is 1. The highest BCUT2D eigenvalue weighted by Gasteiger charge is 2.79. The number of anilines is 2. The summed E-state index contributed by atoms with van der Waals surface area (Å²) in [6.45, 7) is 9.94. The minimum atomic E-state index is -1.94. The van der Waals surface area contributed by atoms with Crippen molar-refractivity contribution >= 4 is 29.2 Å². The first kappa shape index (κ1) is 38.6. The van der Waals surface area contributed by atoms with Gasteiger partial charge in [0.25, 0.3) is 5.97 Å². The molecule has 298 valence electrons. The number of Topliss-reactive ketones (excluding diaryl/α,β-unsaturated/α-hetero) is 1. The number of benzene rings is 3. The lowest BCUT2D eigenvalue weighted by Crippen LogP contribution is -2.70. The SMILES string of the molecule is C=C(C)[C@]12C[C@@H](C)[C@@]34O[C@](Cc5ccccc5)(O[C@@H]1[C@@H]3CC(COC(=O)Cc1ccc(OC(=O)N(C)c3ccccc3N)c(OC)c1)=C[C@]1(O)C(=O)C(C)=C[C@@H]41)O2. The molecule has 2 aliphatic heterocycles. The summed E-state index contributed by atoms with van der Waals surface area (Å²) in [6.07, 6.45) is 3.25. The molecule has 1 amide bonds. The van der Waals surface area contributed by atoms with Gasteiger partial charge in [-0.3, -0.25) is 14.5 Å². The molecule has 2 heterocycles. The molecule has 0 aromatic heterocycles. The lowest BCUT2D eigenvalue weighted by Gasteiger charge is -2.59. The van der Waals surface area contributed by atoms with Crippen LogP contribution in [0.5, 0.6) is 11.5 Å². The zero-order chi connectivity index (χ0) is 40.5. The summed E-state index contributed by atoms with van der Waals surface area (Å²) >= 11 is 0. The number of nitrogens with zero attached hydrogens (tertiary/aromatic N) is 1. The summed E-state index contributed by atoms with van der Waals surface area (Å²) in [5.41, 5.74) is 6.37. The Hall–Kier alpha value is -5.27. The van der Waals surface area contributed by atoms with E-state index in [-0.39, 0.29) is 36.4 Å². The van der Waals surface area contributed by atoms with E-state index in [1.807, 2.05) is 43.3 Å². The first-order chi connectivity index (χ1) is 27.1. The van der Waals surface area contributed by atoms with E-state index in [0.29, 0.717) is 47.3 Å². The molecule has 12 heteroatoms. The second-order valence-corrected chi connectivity index (χ2v) is 16.1. The highest BCUT2D eigenvalue weighted by Crippen LogP contribution is 2.68. The number of carbonyl (C=O) groups excluding carboxylic acids is 3. The molecule has 3 aliphatic carbocycles. The van der Waals surface area contributed by atoms with Gasteiger partial charge >= 0.3 is 12.1 Å². The van der Waals surface area contributed by atoms with E-state index < -0.39 is 52.6 Å². The standard InChI is InChI=1S/C45H48N2O10/c1-26(2)43-22-28(4)45-32(40(43)55-44(56-43,57-45)24-29-12-8-7-9-13-29)19-31(23-42(51)37(45)18-27(3)39(42)49)25-53-38(48)21-30-16-17-35(36(20-30)52-6)54-41(50)47(5)34-15-11-10-14-33(34)46/h7-18,20,23,28,32,37,40,51H,1,19,21-22,24-25,46H2,2-6H3/t28-,32+,37-,40-,42-,43-,44-,45-/m1/s1. The van der Waals surface area contributed by atoms with Gasteiger partial charge < -0.3 is 39.3 Å². The Bertz CT molecular complexity index is 2220. The topological polar surface area (TPSA) is 156 Å². The molecule has 3 fully saturated rings. The maximum Gasteiger partial charge on any atom is 0.419 e. The maximum absolute atomic E-state index is 13.9.